The minimum atomic E-state index is 0.185. The largest absolute Gasteiger partial charge is 0.494 e. The van der Waals surface area contributed by atoms with Gasteiger partial charge in [-0.25, -0.2) is 0 Å². The minimum absolute atomic E-state index is 0.185. The van der Waals surface area contributed by atoms with E-state index in [-0.39, 0.29) is 6.04 Å². The number of hydrogen-bond donors (Lipinski definition) is 1. The van der Waals surface area contributed by atoms with E-state index >= 15 is 0 Å². The van der Waals surface area contributed by atoms with E-state index in [0.29, 0.717) is 13.2 Å². The SMILES string of the molecule is CCCOCC(NC)c1ccccc1OCC. The van der Waals surface area contributed by atoms with Gasteiger partial charge in [-0.3, -0.25) is 0 Å². The van der Waals surface area contributed by atoms with Gasteiger partial charge in [0.15, 0.2) is 0 Å². The molecule has 1 atom stereocenters. The van der Waals surface area contributed by atoms with Crippen LogP contribution in [0.15, 0.2) is 24.3 Å². The van der Waals surface area contributed by atoms with E-state index in [1.807, 2.05) is 32.2 Å². The van der Waals surface area contributed by atoms with E-state index in [9.17, 15) is 0 Å². The van der Waals surface area contributed by atoms with Crippen molar-refractivity contribution in [3.63, 3.8) is 0 Å². The van der Waals surface area contributed by atoms with Gasteiger partial charge in [-0.15, -0.1) is 0 Å². The standard InChI is InChI=1S/C14H23NO2/c1-4-10-16-11-13(15-3)12-8-6-7-9-14(12)17-5-2/h6-9,13,15H,4-5,10-11H2,1-3H3. The Balaban J connectivity index is 2.72. The van der Waals surface area contributed by atoms with Crippen molar-refractivity contribution in [3.05, 3.63) is 29.8 Å². The lowest BCUT2D eigenvalue weighted by Gasteiger charge is -2.19. The lowest BCUT2D eigenvalue weighted by Crippen LogP contribution is -2.22. The average molecular weight is 237 g/mol. The second kappa shape index (κ2) is 8.09. The van der Waals surface area contributed by atoms with Crippen LogP contribution < -0.4 is 10.1 Å². The van der Waals surface area contributed by atoms with Gasteiger partial charge in [-0.05, 0) is 26.5 Å². The first-order chi connectivity index (χ1) is 8.33. The van der Waals surface area contributed by atoms with Gasteiger partial charge in [0.2, 0.25) is 0 Å². The first kappa shape index (κ1) is 14.0. The highest BCUT2D eigenvalue weighted by Crippen LogP contribution is 2.25. The summed E-state index contributed by atoms with van der Waals surface area (Å²) in [5.41, 5.74) is 1.16. The maximum absolute atomic E-state index is 5.63. The van der Waals surface area contributed by atoms with Gasteiger partial charge in [0.1, 0.15) is 5.75 Å². The first-order valence-corrected chi connectivity index (χ1v) is 6.30. The molecule has 0 saturated heterocycles. The Bertz CT molecular complexity index is 315. The smallest absolute Gasteiger partial charge is 0.124 e. The van der Waals surface area contributed by atoms with Crippen LogP contribution in [0.1, 0.15) is 31.9 Å². The molecule has 0 bridgehead atoms. The molecule has 3 nitrogen and oxygen atoms in total. The zero-order valence-electron chi connectivity index (χ0n) is 11.0. The number of benzene rings is 1. The molecule has 1 unspecified atom stereocenters. The van der Waals surface area contributed by atoms with Crippen molar-refractivity contribution >= 4 is 0 Å². The van der Waals surface area contributed by atoms with Crippen molar-refractivity contribution in [2.75, 3.05) is 26.9 Å². The molecular weight excluding hydrogens is 214 g/mol. The molecule has 17 heavy (non-hydrogen) atoms. The van der Waals surface area contributed by atoms with E-state index in [4.69, 9.17) is 9.47 Å². The second-order valence-electron chi connectivity index (χ2n) is 3.89. The van der Waals surface area contributed by atoms with Crippen LogP contribution in [-0.4, -0.2) is 26.9 Å². The predicted molar refractivity (Wildman–Crippen MR) is 70.5 cm³/mol. The molecule has 1 aromatic rings. The van der Waals surface area contributed by atoms with E-state index < -0.39 is 0 Å². The second-order valence-corrected chi connectivity index (χ2v) is 3.89. The average Bonchev–Trinajstić information content (AvgIpc) is 2.36. The first-order valence-electron chi connectivity index (χ1n) is 6.30. The number of hydrogen-bond acceptors (Lipinski definition) is 3. The van der Waals surface area contributed by atoms with Crippen LogP contribution in [0.25, 0.3) is 0 Å². The summed E-state index contributed by atoms with van der Waals surface area (Å²) >= 11 is 0. The molecule has 0 saturated carbocycles. The molecule has 0 aliphatic carbocycles. The van der Waals surface area contributed by atoms with Gasteiger partial charge in [0.25, 0.3) is 0 Å². The lowest BCUT2D eigenvalue weighted by atomic mass is 10.1. The molecule has 1 N–H and O–H groups in total. The fraction of sp³-hybridized carbons (Fsp3) is 0.571. The van der Waals surface area contributed by atoms with Crippen LogP contribution >= 0.6 is 0 Å². The van der Waals surface area contributed by atoms with Gasteiger partial charge < -0.3 is 14.8 Å². The van der Waals surface area contributed by atoms with Crippen molar-refractivity contribution in [2.24, 2.45) is 0 Å². The van der Waals surface area contributed by atoms with E-state index in [2.05, 4.69) is 18.3 Å². The molecule has 0 radical (unpaired) electrons. The van der Waals surface area contributed by atoms with E-state index in [0.717, 1.165) is 24.3 Å². The minimum Gasteiger partial charge on any atom is -0.494 e. The third-order valence-electron chi connectivity index (χ3n) is 2.58. The monoisotopic (exact) mass is 237 g/mol. The van der Waals surface area contributed by atoms with Gasteiger partial charge in [0.05, 0.1) is 19.3 Å². The molecule has 0 aliphatic heterocycles. The summed E-state index contributed by atoms with van der Waals surface area (Å²) in [5, 5.41) is 3.27. The fourth-order valence-corrected chi connectivity index (χ4v) is 1.73. The molecule has 1 aromatic carbocycles. The Kier molecular flexibility index (Phi) is 6.67. The Morgan fingerprint density at radius 1 is 1.24 bits per heavy atom. The number of para-hydroxylation sites is 1. The van der Waals surface area contributed by atoms with E-state index in [1.165, 1.54) is 0 Å². The van der Waals surface area contributed by atoms with Gasteiger partial charge in [-0.1, -0.05) is 25.1 Å². The van der Waals surface area contributed by atoms with Crippen LogP contribution in [0.2, 0.25) is 0 Å². The molecule has 96 valence electrons. The number of rotatable bonds is 8. The van der Waals surface area contributed by atoms with Gasteiger partial charge in [-0.2, -0.15) is 0 Å². The lowest BCUT2D eigenvalue weighted by molar-refractivity contribution is 0.113. The Labute approximate surface area is 104 Å². The number of nitrogens with one attached hydrogen (secondary N) is 1. The summed E-state index contributed by atoms with van der Waals surface area (Å²) in [4.78, 5) is 0. The Morgan fingerprint density at radius 3 is 2.65 bits per heavy atom. The van der Waals surface area contributed by atoms with Crippen LogP contribution in [0, 0.1) is 0 Å². The summed E-state index contributed by atoms with van der Waals surface area (Å²) in [7, 11) is 1.95. The van der Waals surface area contributed by atoms with Crippen molar-refractivity contribution < 1.29 is 9.47 Å². The van der Waals surface area contributed by atoms with Crippen LogP contribution in [0.4, 0.5) is 0 Å². The Hall–Kier alpha value is -1.06. The molecule has 1 rings (SSSR count). The zero-order valence-corrected chi connectivity index (χ0v) is 11.0. The highest BCUT2D eigenvalue weighted by atomic mass is 16.5. The normalized spacial score (nSPS) is 12.4. The van der Waals surface area contributed by atoms with Crippen LogP contribution in [-0.2, 0) is 4.74 Å². The molecule has 0 fully saturated rings. The maximum atomic E-state index is 5.63. The third-order valence-corrected chi connectivity index (χ3v) is 2.58. The summed E-state index contributed by atoms with van der Waals surface area (Å²) in [5.74, 6) is 0.939. The Morgan fingerprint density at radius 2 is 2.00 bits per heavy atom. The summed E-state index contributed by atoms with van der Waals surface area (Å²) in [6.07, 6.45) is 1.05. The molecule has 3 heteroatoms. The van der Waals surface area contributed by atoms with Crippen molar-refractivity contribution in [1.82, 2.24) is 5.32 Å². The zero-order chi connectivity index (χ0) is 12.5. The van der Waals surface area contributed by atoms with E-state index in [1.54, 1.807) is 0 Å². The summed E-state index contributed by atoms with van der Waals surface area (Å²) in [6.45, 7) is 6.27. The van der Waals surface area contributed by atoms with Crippen molar-refractivity contribution in [1.29, 1.82) is 0 Å². The molecule has 0 aliphatic rings. The number of likely N-dealkylation sites (N-methyl/N-ethyl adjacent to an activating group) is 1. The maximum Gasteiger partial charge on any atom is 0.124 e. The molecular formula is C14H23NO2. The predicted octanol–water partition coefficient (Wildman–Crippen LogP) is 2.77. The van der Waals surface area contributed by atoms with Gasteiger partial charge >= 0.3 is 0 Å². The van der Waals surface area contributed by atoms with Crippen LogP contribution in [0.3, 0.4) is 0 Å². The van der Waals surface area contributed by atoms with Crippen molar-refractivity contribution in [2.45, 2.75) is 26.3 Å². The topological polar surface area (TPSA) is 30.5 Å². The molecule has 0 aromatic heterocycles. The summed E-state index contributed by atoms with van der Waals surface area (Å²) in [6, 6.07) is 8.30. The highest BCUT2D eigenvalue weighted by Gasteiger charge is 2.13. The molecule has 0 amide bonds. The molecule has 0 heterocycles. The van der Waals surface area contributed by atoms with Crippen LogP contribution in [0.5, 0.6) is 5.75 Å². The fourth-order valence-electron chi connectivity index (χ4n) is 1.73. The van der Waals surface area contributed by atoms with Crippen molar-refractivity contribution in [3.8, 4) is 5.75 Å². The third kappa shape index (κ3) is 4.36. The van der Waals surface area contributed by atoms with Gasteiger partial charge in [0, 0.05) is 12.2 Å². The molecule has 0 spiro atoms. The quantitative estimate of drug-likeness (QED) is 0.705. The highest BCUT2D eigenvalue weighted by molar-refractivity contribution is 5.36. The summed E-state index contributed by atoms with van der Waals surface area (Å²) < 4.78 is 11.2. The number of ether oxygens (including phenoxy) is 2.